The zero-order chi connectivity index (χ0) is 15.5. The van der Waals surface area contributed by atoms with Gasteiger partial charge in [-0.1, -0.05) is 30.3 Å². The number of amides is 1. The van der Waals surface area contributed by atoms with Crippen molar-refractivity contribution < 1.29 is 9.18 Å². The first kappa shape index (κ1) is 14.6. The van der Waals surface area contributed by atoms with Gasteiger partial charge in [0.15, 0.2) is 0 Å². The predicted octanol–water partition coefficient (Wildman–Crippen LogP) is 3.07. The number of rotatable bonds is 3. The van der Waals surface area contributed by atoms with Crippen molar-refractivity contribution in [3.8, 4) is 0 Å². The summed E-state index contributed by atoms with van der Waals surface area (Å²) in [5.41, 5.74) is 3.14. The van der Waals surface area contributed by atoms with Crippen molar-refractivity contribution >= 4 is 11.6 Å². The van der Waals surface area contributed by atoms with E-state index in [4.69, 9.17) is 0 Å². The standard InChI is InChI=1S/C18H19FN2O/c1-21-11-10-16(15-4-2-3-5-17(15)21)20-18(22)12-13-6-8-14(19)9-7-13/h2-9,16H,10-12H2,1H3,(H,20,22). The molecule has 1 heterocycles. The quantitative estimate of drug-likeness (QED) is 0.944. The summed E-state index contributed by atoms with van der Waals surface area (Å²) in [6, 6.07) is 14.3. The second-order valence-electron chi connectivity index (χ2n) is 5.69. The minimum absolute atomic E-state index is 0.0315. The number of carbonyl (C=O) groups is 1. The van der Waals surface area contributed by atoms with Crippen LogP contribution in [0, 0.1) is 5.82 Å². The largest absolute Gasteiger partial charge is 0.374 e. The van der Waals surface area contributed by atoms with Crippen LogP contribution in [0.1, 0.15) is 23.6 Å². The zero-order valence-electron chi connectivity index (χ0n) is 12.6. The monoisotopic (exact) mass is 298 g/mol. The van der Waals surface area contributed by atoms with Crippen molar-refractivity contribution in [2.45, 2.75) is 18.9 Å². The summed E-state index contributed by atoms with van der Waals surface area (Å²) in [4.78, 5) is 14.4. The molecule has 1 aliphatic rings. The lowest BCUT2D eigenvalue weighted by atomic mass is 9.96. The number of nitrogens with zero attached hydrogens (tertiary/aromatic N) is 1. The fraction of sp³-hybridized carbons (Fsp3) is 0.278. The van der Waals surface area contributed by atoms with E-state index in [2.05, 4.69) is 29.4 Å². The summed E-state index contributed by atoms with van der Waals surface area (Å²) in [6.07, 6.45) is 1.16. The average molecular weight is 298 g/mol. The highest BCUT2D eigenvalue weighted by Crippen LogP contribution is 2.32. The SMILES string of the molecule is CN1CCC(NC(=O)Cc2ccc(F)cc2)c2ccccc21. The normalized spacial score (nSPS) is 17.0. The highest BCUT2D eigenvalue weighted by molar-refractivity contribution is 5.79. The van der Waals surface area contributed by atoms with Crippen LogP contribution in [0.5, 0.6) is 0 Å². The molecule has 0 spiro atoms. The minimum atomic E-state index is -0.284. The minimum Gasteiger partial charge on any atom is -0.374 e. The van der Waals surface area contributed by atoms with Crippen LogP contribution < -0.4 is 10.2 Å². The second kappa shape index (κ2) is 6.18. The Bertz CT molecular complexity index is 669. The Morgan fingerprint density at radius 1 is 1.23 bits per heavy atom. The maximum atomic E-state index is 12.9. The third-order valence-electron chi connectivity index (χ3n) is 4.09. The zero-order valence-corrected chi connectivity index (χ0v) is 12.6. The van der Waals surface area contributed by atoms with Gasteiger partial charge >= 0.3 is 0 Å². The smallest absolute Gasteiger partial charge is 0.224 e. The molecule has 0 fully saturated rings. The third kappa shape index (κ3) is 3.11. The molecule has 0 bridgehead atoms. The molecule has 4 heteroatoms. The van der Waals surface area contributed by atoms with Crippen molar-refractivity contribution in [2.75, 3.05) is 18.5 Å². The van der Waals surface area contributed by atoms with E-state index >= 15 is 0 Å². The van der Waals surface area contributed by atoms with Gasteiger partial charge in [-0.05, 0) is 35.7 Å². The average Bonchev–Trinajstić information content (AvgIpc) is 2.53. The molecule has 3 nitrogen and oxygen atoms in total. The van der Waals surface area contributed by atoms with E-state index < -0.39 is 0 Å². The van der Waals surface area contributed by atoms with Crippen molar-refractivity contribution in [1.29, 1.82) is 0 Å². The van der Waals surface area contributed by atoms with E-state index in [1.165, 1.54) is 17.8 Å². The number of para-hydroxylation sites is 1. The summed E-state index contributed by atoms with van der Waals surface area (Å²) in [5, 5.41) is 3.10. The summed E-state index contributed by atoms with van der Waals surface area (Å²) < 4.78 is 12.9. The van der Waals surface area contributed by atoms with Crippen LogP contribution in [0.4, 0.5) is 10.1 Å². The van der Waals surface area contributed by atoms with Crippen LogP contribution in [0.3, 0.4) is 0 Å². The molecule has 0 saturated carbocycles. The van der Waals surface area contributed by atoms with Gasteiger partial charge in [0, 0.05) is 19.3 Å². The van der Waals surface area contributed by atoms with E-state index in [0.29, 0.717) is 0 Å². The van der Waals surface area contributed by atoms with E-state index in [-0.39, 0.29) is 24.2 Å². The molecule has 1 aliphatic heterocycles. The fourth-order valence-corrected chi connectivity index (χ4v) is 2.91. The third-order valence-corrected chi connectivity index (χ3v) is 4.09. The first-order chi connectivity index (χ1) is 10.6. The molecule has 1 amide bonds. The lowest BCUT2D eigenvalue weighted by Crippen LogP contribution is -2.37. The van der Waals surface area contributed by atoms with Crippen molar-refractivity contribution in [3.63, 3.8) is 0 Å². The molecule has 2 aromatic rings. The van der Waals surface area contributed by atoms with E-state index in [1.54, 1.807) is 12.1 Å². The summed E-state index contributed by atoms with van der Waals surface area (Å²) in [6.45, 7) is 0.915. The molecule has 0 radical (unpaired) electrons. The highest BCUT2D eigenvalue weighted by atomic mass is 19.1. The highest BCUT2D eigenvalue weighted by Gasteiger charge is 2.23. The number of nitrogens with one attached hydrogen (secondary N) is 1. The maximum Gasteiger partial charge on any atom is 0.224 e. The maximum absolute atomic E-state index is 12.9. The van der Waals surface area contributed by atoms with Gasteiger partial charge < -0.3 is 10.2 Å². The van der Waals surface area contributed by atoms with Gasteiger partial charge in [0.25, 0.3) is 0 Å². The number of anilines is 1. The van der Waals surface area contributed by atoms with Crippen LogP contribution in [0.2, 0.25) is 0 Å². The Morgan fingerprint density at radius 2 is 1.95 bits per heavy atom. The molecule has 114 valence electrons. The number of carbonyl (C=O) groups excluding carboxylic acids is 1. The molecule has 0 aliphatic carbocycles. The molecule has 0 aromatic heterocycles. The van der Waals surface area contributed by atoms with Gasteiger partial charge in [0.1, 0.15) is 5.82 Å². The van der Waals surface area contributed by atoms with Gasteiger partial charge in [-0.15, -0.1) is 0 Å². The van der Waals surface area contributed by atoms with Crippen LogP contribution >= 0.6 is 0 Å². The van der Waals surface area contributed by atoms with Crippen molar-refractivity contribution in [1.82, 2.24) is 5.32 Å². The molecule has 1 unspecified atom stereocenters. The second-order valence-corrected chi connectivity index (χ2v) is 5.69. The van der Waals surface area contributed by atoms with Gasteiger partial charge in [-0.3, -0.25) is 4.79 Å². The van der Waals surface area contributed by atoms with Crippen LogP contribution in [0.25, 0.3) is 0 Å². The molecule has 2 aromatic carbocycles. The Morgan fingerprint density at radius 3 is 2.73 bits per heavy atom. The lowest BCUT2D eigenvalue weighted by Gasteiger charge is -2.33. The number of fused-ring (bicyclic) bond motifs is 1. The number of hydrogen-bond donors (Lipinski definition) is 1. The van der Waals surface area contributed by atoms with E-state index in [0.717, 1.165) is 24.1 Å². The van der Waals surface area contributed by atoms with Crippen LogP contribution in [-0.2, 0) is 11.2 Å². The number of benzene rings is 2. The molecule has 1 atom stereocenters. The lowest BCUT2D eigenvalue weighted by molar-refractivity contribution is -0.121. The molecular weight excluding hydrogens is 279 g/mol. The van der Waals surface area contributed by atoms with E-state index in [1.807, 2.05) is 12.1 Å². The molecular formula is C18H19FN2O. The number of hydrogen-bond acceptors (Lipinski definition) is 2. The van der Waals surface area contributed by atoms with Gasteiger partial charge in [0.2, 0.25) is 5.91 Å². The molecule has 3 rings (SSSR count). The summed E-state index contributed by atoms with van der Waals surface area (Å²) in [7, 11) is 2.06. The Balaban J connectivity index is 1.69. The van der Waals surface area contributed by atoms with Gasteiger partial charge in [-0.25, -0.2) is 4.39 Å². The fourth-order valence-electron chi connectivity index (χ4n) is 2.91. The molecule has 22 heavy (non-hydrogen) atoms. The predicted molar refractivity (Wildman–Crippen MR) is 85.3 cm³/mol. The summed E-state index contributed by atoms with van der Waals surface area (Å²) >= 11 is 0. The first-order valence-electron chi connectivity index (χ1n) is 7.47. The number of halogens is 1. The summed E-state index contributed by atoms with van der Waals surface area (Å²) in [5.74, 6) is -0.315. The molecule has 1 N–H and O–H groups in total. The topological polar surface area (TPSA) is 32.3 Å². The molecule has 0 saturated heterocycles. The van der Waals surface area contributed by atoms with Crippen molar-refractivity contribution in [3.05, 3.63) is 65.5 Å². The Kier molecular flexibility index (Phi) is 4.09. The van der Waals surface area contributed by atoms with Crippen LogP contribution in [0.15, 0.2) is 48.5 Å². The Labute approximate surface area is 129 Å². The van der Waals surface area contributed by atoms with Gasteiger partial charge in [0.05, 0.1) is 12.5 Å². The van der Waals surface area contributed by atoms with Crippen LogP contribution in [-0.4, -0.2) is 19.5 Å². The van der Waals surface area contributed by atoms with Crippen molar-refractivity contribution in [2.24, 2.45) is 0 Å². The Hall–Kier alpha value is -2.36. The first-order valence-corrected chi connectivity index (χ1v) is 7.47. The van der Waals surface area contributed by atoms with E-state index in [9.17, 15) is 9.18 Å². The van der Waals surface area contributed by atoms with Gasteiger partial charge in [-0.2, -0.15) is 0 Å².